The van der Waals surface area contributed by atoms with Crippen LogP contribution < -0.4 is 0 Å². The van der Waals surface area contributed by atoms with Gasteiger partial charge in [0.15, 0.2) is 0 Å². The SMILES string of the molecule is Cc1ccc(Br)cc1C(Cl)Cc1ccncc1. The number of pyridine rings is 1. The van der Waals surface area contributed by atoms with Gasteiger partial charge in [-0.3, -0.25) is 4.98 Å². The van der Waals surface area contributed by atoms with E-state index in [0.717, 1.165) is 10.9 Å². The zero-order valence-electron chi connectivity index (χ0n) is 9.53. The van der Waals surface area contributed by atoms with Crippen molar-refractivity contribution in [1.29, 1.82) is 0 Å². The molecule has 0 N–H and O–H groups in total. The molecule has 2 rings (SSSR count). The van der Waals surface area contributed by atoms with Crippen LogP contribution in [-0.2, 0) is 6.42 Å². The van der Waals surface area contributed by atoms with E-state index in [1.165, 1.54) is 16.7 Å². The minimum atomic E-state index is -0.00472. The van der Waals surface area contributed by atoms with Crippen molar-refractivity contribution in [3.63, 3.8) is 0 Å². The smallest absolute Gasteiger partial charge is 0.0628 e. The highest BCUT2D eigenvalue weighted by Crippen LogP contribution is 2.29. The first-order valence-electron chi connectivity index (χ1n) is 5.46. The standard InChI is InChI=1S/C14H13BrClN/c1-10-2-3-12(15)9-13(10)14(16)8-11-4-6-17-7-5-11/h2-7,9,14H,8H2,1H3. The quantitative estimate of drug-likeness (QED) is 0.750. The van der Waals surface area contributed by atoms with Crippen LogP contribution in [0, 0.1) is 6.92 Å². The van der Waals surface area contributed by atoms with Crippen molar-refractivity contribution in [3.05, 3.63) is 63.9 Å². The molecule has 0 radical (unpaired) electrons. The van der Waals surface area contributed by atoms with Gasteiger partial charge in [-0.1, -0.05) is 22.0 Å². The van der Waals surface area contributed by atoms with E-state index in [0.29, 0.717) is 0 Å². The zero-order chi connectivity index (χ0) is 12.3. The molecule has 1 unspecified atom stereocenters. The number of nitrogens with zero attached hydrogens (tertiary/aromatic N) is 1. The molecule has 1 atom stereocenters. The van der Waals surface area contributed by atoms with Crippen molar-refractivity contribution in [2.75, 3.05) is 0 Å². The number of hydrogen-bond donors (Lipinski definition) is 0. The normalized spacial score (nSPS) is 12.4. The Morgan fingerprint density at radius 3 is 2.65 bits per heavy atom. The molecule has 17 heavy (non-hydrogen) atoms. The Balaban J connectivity index is 2.20. The summed E-state index contributed by atoms with van der Waals surface area (Å²) in [7, 11) is 0. The van der Waals surface area contributed by atoms with Crippen molar-refractivity contribution in [3.8, 4) is 0 Å². The lowest BCUT2D eigenvalue weighted by molar-refractivity contribution is 0.905. The number of alkyl halides is 1. The molecular weight excluding hydrogens is 298 g/mol. The van der Waals surface area contributed by atoms with Crippen molar-refractivity contribution < 1.29 is 0 Å². The van der Waals surface area contributed by atoms with Gasteiger partial charge in [-0.05, 0) is 54.3 Å². The Bertz CT molecular complexity index is 499. The number of aryl methyl sites for hydroxylation is 1. The van der Waals surface area contributed by atoms with Crippen LogP contribution in [0.2, 0.25) is 0 Å². The van der Waals surface area contributed by atoms with Gasteiger partial charge in [0.1, 0.15) is 0 Å². The Morgan fingerprint density at radius 2 is 1.94 bits per heavy atom. The maximum absolute atomic E-state index is 6.48. The monoisotopic (exact) mass is 309 g/mol. The van der Waals surface area contributed by atoms with E-state index >= 15 is 0 Å². The fourth-order valence-electron chi connectivity index (χ4n) is 1.78. The van der Waals surface area contributed by atoms with Gasteiger partial charge in [0.05, 0.1) is 5.38 Å². The predicted molar refractivity (Wildman–Crippen MR) is 75.4 cm³/mol. The van der Waals surface area contributed by atoms with Gasteiger partial charge < -0.3 is 0 Å². The predicted octanol–water partition coefficient (Wildman–Crippen LogP) is 4.68. The summed E-state index contributed by atoms with van der Waals surface area (Å²) in [6.45, 7) is 2.09. The van der Waals surface area contributed by atoms with Gasteiger partial charge in [0.25, 0.3) is 0 Å². The summed E-state index contributed by atoms with van der Waals surface area (Å²) in [5, 5.41) is -0.00472. The highest BCUT2D eigenvalue weighted by molar-refractivity contribution is 9.10. The molecule has 0 amide bonds. The van der Waals surface area contributed by atoms with Crippen molar-refractivity contribution in [1.82, 2.24) is 4.98 Å². The van der Waals surface area contributed by atoms with Gasteiger partial charge in [-0.25, -0.2) is 0 Å². The molecule has 0 saturated heterocycles. The molecule has 3 heteroatoms. The fraction of sp³-hybridized carbons (Fsp3) is 0.214. The van der Waals surface area contributed by atoms with Gasteiger partial charge in [-0.15, -0.1) is 11.6 Å². The summed E-state index contributed by atoms with van der Waals surface area (Å²) in [5.41, 5.74) is 3.61. The van der Waals surface area contributed by atoms with Crippen LogP contribution in [0.4, 0.5) is 0 Å². The maximum Gasteiger partial charge on any atom is 0.0628 e. The van der Waals surface area contributed by atoms with Crippen LogP contribution in [0.15, 0.2) is 47.2 Å². The van der Waals surface area contributed by atoms with Gasteiger partial charge in [-0.2, -0.15) is 0 Å². The molecule has 1 aromatic heterocycles. The molecule has 1 heterocycles. The second-order valence-corrected chi connectivity index (χ2v) is 5.47. The molecule has 0 aliphatic rings. The summed E-state index contributed by atoms with van der Waals surface area (Å²) in [6, 6.07) is 10.2. The number of benzene rings is 1. The van der Waals surface area contributed by atoms with Gasteiger partial charge in [0, 0.05) is 16.9 Å². The summed E-state index contributed by atoms with van der Waals surface area (Å²) < 4.78 is 1.07. The van der Waals surface area contributed by atoms with E-state index in [2.05, 4.69) is 40.0 Å². The van der Waals surface area contributed by atoms with E-state index in [4.69, 9.17) is 11.6 Å². The molecule has 2 aromatic rings. The number of rotatable bonds is 3. The van der Waals surface area contributed by atoms with E-state index < -0.39 is 0 Å². The Hall–Kier alpha value is -0.860. The van der Waals surface area contributed by atoms with Crippen molar-refractivity contribution >= 4 is 27.5 Å². The number of aromatic nitrogens is 1. The highest BCUT2D eigenvalue weighted by Gasteiger charge is 2.11. The molecule has 0 aliphatic heterocycles. The average molecular weight is 311 g/mol. The Labute approximate surface area is 115 Å². The number of halogens is 2. The highest BCUT2D eigenvalue weighted by atomic mass is 79.9. The third kappa shape index (κ3) is 3.30. The summed E-state index contributed by atoms with van der Waals surface area (Å²) in [5.74, 6) is 0. The van der Waals surface area contributed by atoms with Crippen LogP contribution in [0.3, 0.4) is 0 Å². The molecule has 0 bridgehead atoms. The minimum absolute atomic E-state index is 0.00472. The molecular formula is C14H13BrClN. The summed E-state index contributed by atoms with van der Waals surface area (Å²) in [6.07, 6.45) is 4.42. The van der Waals surface area contributed by atoms with Crippen molar-refractivity contribution in [2.24, 2.45) is 0 Å². The van der Waals surface area contributed by atoms with Crippen molar-refractivity contribution in [2.45, 2.75) is 18.7 Å². The molecule has 88 valence electrons. The lowest BCUT2D eigenvalue weighted by Crippen LogP contribution is -1.98. The molecule has 1 nitrogen and oxygen atoms in total. The summed E-state index contributed by atoms with van der Waals surface area (Å²) in [4.78, 5) is 4.01. The van der Waals surface area contributed by atoms with E-state index in [1.54, 1.807) is 12.4 Å². The van der Waals surface area contributed by atoms with Crippen LogP contribution in [0.25, 0.3) is 0 Å². The van der Waals surface area contributed by atoms with Crippen LogP contribution in [0.5, 0.6) is 0 Å². The van der Waals surface area contributed by atoms with E-state index in [1.807, 2.05) is 18.2 Å². The van der Waals surface area contributed by atoms with Crippen LogP contribution >= 0.6 is 27.5 Å². The Kier molecular flexibility index (Phi) is 4.19. The lowest BCUT2D eigenvalue weighted by Gasteiger charge is -2.13. The van der Waals surface area contributed by atoms with E-state index in [9.17, 15) is 0 Å². The fourth-order valence-corrected chi connectivity index (χ4v) is 2.58. The minimum Gasteiger partial charge on any atom is -0.265 e. The first-order valence-corrected chi connectivity index (χ1v) is 6.69. The lowest BCUT2D eigenvalue weighted by atomic mass is 10.0. The molecule has 0 aliphatic carbocycles. The molecule has 0 fully saturated rings. The topological polar surface area (TPSA) is 12.9 Å². The second kappa shape index (κ2) is 5.65. The Morgan fingerprint density at radius 1 is 1.24 bits per heavy atom. The van der Waals surface area contributed by atoms with E-state index in [-0.39, 0.29) is 5.38 Å². The maximum atomic E-state index is 6.48. The molecule has 0 spiro atoms. The molecule has 1 aromatic carbocycles. The third-order valence-electron chi connectivity index (χ3n) is 2.74. The number of hydrogen-bond acceptors (Lipinski definition) is 1. The van der Waals surface area contributed by atoms with Crippen LogP contribution in [-0.4, -0.2) is 4.98 Å². The second-order valence-electron chi connectivity index (χ2n) is 4.03. The first kappa shape index (κ1) is 12.6. The zero-order valence-corrected chi connectivity index (χ0v) is 11.9. The summed E-state index contributed by atoms with van der Waals surface area (Å²) >= 11 is 9.96. The molecule has 0 saturated carbocycles. The van der Waals surface area contributed by atoms with Gasteiger partial charge in [0.2, 0.25) is 0 Å². The van der Waals surface area contributed by atoms with Crippen LogP contribution in [0.1, 0.15) is 22.1 Å². The van der Waals surface area contributed by atoms with Gasteiger partial charge >= 0.3 is 0 Å². The first-order chi connectivity index (χ1) is 8.16. The largest absolute Gasteiger partial charge is 0.265 e. The average Bonchev–Trinajstić information content (AvgIpc) is 2.33. The third-order valence-corrected chi connectivity index (χ3v) is 3.63.